The van der Waals surface area contributed by atoms with Gasteiger partial charge in [-0.25, -0.2) is 0 Å². The van der Waals surface area contributed by atoms with Crippen LogP contribution < -0.4 is 9.80 Å². The van der Waals surface area contributed by atoms with Crippen LogP contribution in [-0.4, -0.2) is 38.1 Å². The SMILES string of the molecule is CCOC(=O)[C@H]1CC(=O)N(c2ccccc2N2CCCCC2)C1. The number of esters is 1. The molecule has 0 bridgehead atoms. The maximum Gasteiger partial charge on any atom is 0.311 e. The third kappa shape index (κ3) is 3.33. The summed E-state index contributed by atoms with van der Waals surface area (Å²) in [7, 11) is 0. The van der Waals surface area contributed by atoms with Crippen LogP contribution in [0.4, 0.5) is 11.4 Å². The van der Waals surface area contributed by atoms with Crippen LogP contribution in [0.5, 0.6) is 0 Å². The number of amides is 1. The molecule has 0 radical (unpaired) electrons. The highest BCUT2D eigenvalue weighted by atomic mass is 16.5. The van der Waals surface area contributed by atoms with Gasteiger partial charge in [0.1, 0.15) is 0 Å². The first-order valence-electron chi connectivity index (χ1n) is 8.51. The molecule has 0 saturated carbocycles. The van der Waals surface area contributed by atoms with E-state index in [2.05, 4.69) is 11.0 Å². The van der Waals surface area contributed by atoms with Gasteiger partial charge in [0.25, 0.3) is 0 Å². The number of nitrogens with zero attached hydrogens (tertiary/aromatic N) is 2. The normalized spacial score (nSPS) is 21.6. The summed E-state index contributed by atoms with van der Waals surface area (Å²) in [5, 5.41) is 0. The van der Waals surface area contributed by atoms with Gasteiger partial charge in [0.2, 0.25) is 5.91 Å². The molecular formula is C18H24N2O3. The van der Waals surface area contributed by atoms with Crippen LogP contribution >= 0.6 is 0 Å². The monoisotopic (exact) mass is 316 g/mol. The summed E-state index contributed by atoms with van der Waals surface area (Å²) in [6, 6.07) is 8.02. The minimum atomic E-state index is -0.350. The Hall–Kier alpha value is -2.04. The summed E-state index contributed by atoms with van der Waals surface area (Å²) in [6.07, 6.45) is 3.89. The number of piperidine rings is 1. The van der Waals surface area contributed by atoms with E-state index in [0.717, 1.165) is 24.5 Å². The third-order valence-corrected chi connectivity index (χ3v) is 4.61. The highest BCUT2D eigenvalue weighted by Crippen LogP contribution is 2.35. The second-order valence-corrected chi connectivity index (χ2v) is 6.19. The highest BCUT2D eigenvalue weighted by Gasteiger charge is 2.37. The smallest absolute Gasteiger partial charge is 0.311 e. The van der Waals surface area contributed by atoms with Gasteiger partial charge in [0.05, 0.1) is 23.9 Å². The molecule has 1 aromatic rings. The Kier molecular flexibility index (Phi) is 4.84. The molecule has 5 heteroatoms. The van der Waals surface area contributed by atoms with Gasteiger partial charge >= 0.3 is 5.97 Å². The number of anilines is 2. The molecule has 5 nitrogen and oxygen atoms in total. The van der Waals surface area contributed by atoms with E-state index in [0.29, 0.717) is 13.2 Å². The van der Waals surface area contributed by atoms with Crippen molar-refractivity contribution in [2.24, 2.45) is 5.92 Å². The molecular weight excluding hydrogens is 292 g/mol. The molecule has 2 aliphatic rings. The Morgan fingerprint density at radius 1 is 1.17 bits per heavy atom. The predicted octanol–water partition coefficient (Wildman–Crippen LogP) is 2.59. The molecule has 1 amide bonds. The van der Waals surface area contributed by atoms with E-state index in [-0.39, 0.29) is 24.2 Å². The maximum atomic E-state index is 12.4. The summed E-state index contributed by atoms with van der Waals surface area (Å²) in [6.45, 7) is 4.62. The van der Waals surface area contributed by atoms with Crippen LogP contribution in [0.25, 0.3) is 0 Å². The Balaban J connectivity index is 1.81. The summed E-state index contributed by atoms with van der Waals surface area (Å²) in [4.78, 5) is 28.5. The van der Waals surface area contributed by atoms with E-state index in [1.807, 2.05) is 18.2 Å². The number of carbonyl (C=O) groups excluding carboxylic acids is 2. The zero-order valence-electron chi connectivity index (χ0n) is 13.7. The van der Waals surface area contributed by atoms with Crippen LogP contribution in [0.2, 0.25) is 0 Å². The fourth-order valence-electron chi connectivity index (χ4n) is 3.45. The maximum absolute atomic E-state index is 12.4. The Morgan fingerprint density at radius 3 is 2.57 bits per heavy atom. The van der Waals surface area contributed by atoms with Crippen molar-refractivity contribution < 1.29 is 14.3 Å². The average molecular weight is 316 g/mol. The summed E-state index contributed by atoms with van der Waals surface area (Å²) in [5.74, 6) is -0.608. The summed E-state index contributed by atoms with van der Waals surface area (Å²) < 4.78 is 5.08. The molecule has 1 atom stereocenters. The molecule has 124 valence electrons. The van der Waals surface area contributed by atoms with Gasteiger partial charge in [0, 0.05) is 26.1 Å². The minimum absolute atomic E-state index is 0.00696. The van der Waals surface area contributed by atoms with Crippen LogP contribution in [0, 0.1) is 5.92 Å². The van der Waals surface area contributed by atoms with Gasteiger partial charge in [-0.2, -0.15) is 0 Å². The molecule has 2 fully saturated rings. The number of rotatable bonds is 4. The average Bonchev–Trinajstić information content (AvgIpc) is 2.98. The Labute approximate surface area is 137 Å². The summed E-state index contributed by atoms with van der Waals surface area (Å²) in [5.41, 5.74) is 2.02. The van der Waals surface area contributed by atoms with Crippen molar-refractivity contribution in [3.63, 3.8) is 0 Å². The van der Waals surface area contributed by atoms with Gasteiger partial charge in [0.15, 0.2) is 0 Å². The van der Waals surface area contributed by atoms with Crippen molar-refractivity contribution in [1.82, 2.24) is 0 Å². The van der Waals surface area contributed by atoms with Crippen LogP contribution in [0.3, 0.4) is 0 Å². The number of para-hydroxylation sites is 2. The lowest BCUT2D eigenvalue weighted by atomic mass is 10.1. The zero-order chi connectivity index (χ0) is 16.2. The van der Waals surface area contributed by atoms with Gasteiger partial charge < -0.3 is 14.5 Å². The van der Waals surface area contributed by atoms with Crippen molar-refractivity contribution >= 4 is 23.3 Å². The third-order valence-electron chi connectivity index (χ3n) is 4.61. The lowest BCUT2D eigenvalue weighted by Gasteiger charge is -2.32. The van der Waals surface area contributed by atoms with E-state index >= 15 is 0 Å². The van der Waals surface area contributed by atoms with Gasteiger partial charge in [-0.05, 0) is 38.3 Å². The van der Waals surface area contributed by atoms with E-state index in [1.54, 1.807) is 11.8 Å². The predicted molar refractivity (Wildman–Crippen MR) is 89.6 cm³/mol. The van der Waals surface area contributed by atoms with Crippen molar-refractivity contribution in [3.05, 3.63) is 24.3 Å². The zero-order valence-corrected chi connectivity index (χ0v) is 13.7. The first kappa shape index (κ1) is 15.8. The van der Waals surface area contributed by atoms with Crippen molar-refractivity contribution in [3.8, 4) is 0 Å². The second-order valence-electron chi connectivity index (χ2n) is 6.19. The van der Waals surface area contributed by atoms with Crippen LogP contribution in [-0.2, 0) is 14.3 Å². The van der Waals surface area contributed by atoms with Gasteiger partial charge in [-0.1, -0.05) is 12.1 Å². The molecule has 23 heavy (non-hydrogen) atoms. The van der Waals surface area contributed by atoms with Crippen molar-refractivity contribution in [2.75, 3.05) is 36.0 Å². The molecule has 0 aromatic heterocycles. The lowest BCUT2D eigenvalue weighted by molar-refractivity contribution is -0.147. The quantitative estimate of drug-likeness (QED) is 0.801. The fourth-order valence-corrected chi connectivity index (χ4v) is 3.45. The topological polar surface area (TPSA) is 49.9 Å². The molecule has 2 heterocycles. The lowest BCUT2D eigenvalue weighted by Crippen LogP contribution is -2.33. The molecule has 0 aliphatic carbocycles. The standard InChI is InChI=1S/C18H24N2O3/c1-2-23-18(22)14-12-17(21)20(13-14)16-9-5-4-8-15(16)19-10-6-3-7-11-19/h4-5,8-9,14H,2-3,6-7,10-13H2,1H3/t14-/m0/s1. The highest BCUT2D eigenvalue weighted by molar-refractivity contribution is 6.01. The Bertz CT molecular complexity index is 581. The van der Waals surface area contributed by atoms with E-state index in [9.17, 15) is 9.59 Å². The van der Waals surface area contributed by atoms with E-state index in [4.69, 9.17) is 4.74 Å². The van der Waals surface area contributed by atoms with Gasteiger partial charge in [-0.15, -0.1) is 0 Å². The molecule has 0 unspecified atom stereocenters. The number of ether oxygens (including phenoxy) is 1. The number of carbonyl (C=O) groups is 2. The molecule has 0 spiro atoms. The van der Waals surface area contributed by atoms with Gasteiger partial charge in [-0.3, -0.25) is 9.59 Å². The largest absolute Gasteiger partial charge is 0.466 e. The fraction of sp³-hybridized carbons (Fsp3) is 0.556. The molecule has 3 rings (SSSR count). The second kappa shape index (κ2) is 7.02. The minimum Gasteiger partial charge on any atom is -0.466 e. The molecule has 2 saturated heterocycles. The van der Waals surface area contributed by atoms with E-state index < -0.39 is 0 Å². The molecule has 2 aliphatic heterocycles. The number of hydrogen-bond acceptors (Lipinski definition) is 4. The first-order valence-corrected chi connectivity index (χ1v) is 8.51. The van der Waals surface area contributed by atoms with Crippen molar-refractivity contribution in [1.29, 1.82) is 0 Å². The molecule has 0 N–H and O–H groups in total. The van der Waals surface area contributed by atoms with Crippen LogP contribution in [0.15, 0.2) is 24.3 Å². The van der Waals surface area contributed by atoms with Crippen LogP contribution in [0.1, 0.15) is 32.6 Å². The van der Waals surface area contributed by atoms with E-state index in [1.165, 1.54) is 19.3 Å². The first-order chi connectivity index (χ1) is 11.2. The number of benzene rings is 1. The summed E-state index contributed by atoms with van der Waals surface area (Å²) >= 11 is 0. The van der Waals surface area contributed by atoms with Crippen molar-refractivity contribution in [2.45, 2.75) is 32.6 Å². The number of hydrogen-bond donors (Lipinski definition) is 0. The Morgan fingerprint density at radius 2 is 1.87 bits per heavy atom. The molecule has 1 aromatic carbocycles.